The molecule has 1 aromatic rings. The summed E-state index contributed by atoms with van der Waals surface area (Å²) in [6, 6.07) is 6.09. The first-order chi connectivity index (χ1) is 11.6. The van der Waals surface area contributed by atoms with E-state index in [9.17, 15) is 9.59 Å². The summed E-state index contributed by atoms with van der Waals surface area (Å²) in [5, 5.41) is 3.31. The summed E-state index contributed by atoms with van der Waals surface area (Å²) in [5.41, 5.74) is 2.21. The second-order valence-electron chi connectivity index (χ2n) is 6.17. The summed E-state index contributed by atoms with van der Waals surface area (Å²) in [6.45, 7) is 5.79. The molecule has 2 aliphatic rings. The fraction of sp³-hybridized carbons (Fsp3) is 0.556. The van der Waals surface area contributed by atoms with Crippen molar-refractivity contribution in [2.45, 2.75) is 33.5 Å². The quantitative estimate of drug-likeness (QED) is 0.609. The van der Waals surface area contributed by atoms with E-state index in [-0.39, 0.29) is 19.1 Å². The number of ether oxygens (including phenoxy) is 3. The topological polar surface area (TPSA) is 73.9 Å². The van der Waals surface area contributed by atoms with Crippen LogP contribution in [0.15, 0.2) is 18.2 Å². The van der Waals surface area contributed by atoms with Gasteiger partial charge in [0, 0.05) is 18.2 Å². The second kappa shape index (κ2) is 6.81. The molecule has 130 valence electrons. The molecule has 1 fully saturated rings. The molecule has 1 aromatic carbocycles. The van der Waals surface area contributed by atoms with Crippen LogP contribution in [0.4, 0.5) is 5.69 Å². The lowest BCUT2D eigenvalue weighted by molar-refractivity contribution is -0.164. The highest BCUT2D eigenvalue weighted by Gasteiger charge is 2.67. The van der Waals surface area contributed by atoms with Crippen molar-refractivity contribution in [1.29, 1.82) is 0 Å². The van der Waals surface area contributed by atoms with Gasteiger partial charge in [0.1, 0.15) is 0 Å². The Morgan fingerprint density at radius 2 is 1.83 bits per heavy atom. The predicted octanol–water partition coefficient (Wildman–Crippen LogP) is 2.26. The highest BCUT2D eigenvalue weighted by atomic mass is 16.6. The zero-order chi connectivity index (χ0) is 17.2. The lowest BCUT2D eigenvalue weighted by atomic mass is 10.0. The minimum Gasteiger partial charge on any atom is -0.465 e. The number of esters is 2. The molecule has 1 aliphatic carbocycles. The number of rotatable bonds is 7. The molecule has 1 aliphatic heterocycles. The summed E-state index contributed by atoms with van der Waals surface area (Å²) in [4.78, 5) is 24.5. The summed E-state index contributed by atoms with van der Waals surface area (Å²) in [7, 11) is 0. The first-order valence-corrected chi connectivity index (χ1v) is 8.39. The van der Waals surface area contributed by atoms with E-state index in [1.807, 2.05) is 12.1 Å². The van der Waals surface area contributed by atoms with Gasteiger partial charge in [-0.1, -0.05) is 6.07 Å². The molecule has 3 rings (SSSR count). The average molecular weight is 333 g/mol. The predicted molar refractivity (Wildman–Crippen MR) is 87.2 cm³/mol. The summed E-state index contributed by atoms with van der Waals surface area (Å²) in [6.07, 6.45) is 0.464. The van der Waals surface area contributed by atoms with Crippen molar-refractivity contribution in [3.05, 3.63) is 29.3 Å². The summed E-state index contributed by atoms with van der Waals surface area (Å²) >= 11 is 0. The number of anilines is 1. The normalized spacial score (nSPS) is 20.2. The average Bonchev–Trinajstić information content (AvgIpc) is 3.13. The molecule has 0 spiro atoms. The minimum atomic E-state index is -1.14. The molecule has 6 heteroatoms. The zero-order valence-electron chi connectivity index (χ0n) is 14.1. The van der Waals surface area contributed by atoms with Gasteiger partial charge in [-0.2, -0.15) is 0 Å². The number of nitrogens with one attached hydrogen (secondary N) is 1. The molecular weight excluding hydrogens is 310 g/mol. The van der Waals surface area contributed by atoms with Crippen molar-refractivity contribution < 1.29 is 23.8 Å². The van der Waals surface area contributed by atoms with E-state index in [1.165, 1.54) is 11.1 Å². The molecule has 6 nitrogen and oxygen atoms in total. The van der Waals surface area contributed by atoms with Crippen molar-refractivity contribution in [3.63, 3.8) is 0 Å². The Bertz CT molecular complexity index is 624. The number of carbonyl (C=O) groups excluding carboxylic acids is 2. The largest absolute Gasteiger partial charge is 0.465 e. The maximum Gasteiger partial charge on any atom is 0.323 e. The number of carbonyl (C=O) groups is 2. The van der Waals surface area contributed by atoms with Crippen LogP contribution in [0.25, 0.3) is 0 Å². The van der Waals surface area contributed by atoms with Crippen LogP contribution >= 0.6 is 0 Å². The SMILES string of the molecule is CCOC(=O)C1(C(=O)OCC)C[C@H]1CNc1ccc2c(c1)COC2. The fourth-order valence-electron chi connectivity index (χ4n) is 3.20. The van der Waals surface area contributed by atoms with Gasteiger partial charge in [-0.05, 0) is 43.5 Å². The lowest BCUT2D eigenvalue weighted by Crippen LogP contribution is -2.33. The van der Waals surface area contributed by atoms with Crippen molar-refractivity contribution in [3.8, 4) is 0 Å². The molecular formula is C18H23NO5. The van der Waals surface area contributed by atoms with Crippen LogP contribution in [0, 0.1) is 11.3 Å². The van der Waals surface area contributed by atoms with Crippen LogP contribution in [-0.2, 0) is 37.0 Å². The summed E-state index contributed by atoms with van der Waals surface area (Å²) < 4.78 is 15.6. The first kappa shape index (κ1) is 16.8. The van der Waals surface area contributed by atoms with Crippen LogP contribution in [0.1, 0.15) is 31.4 Å². The van der Waals surface area contributed by atoms with Crippen LogP contribution in [0.5, 0.6) is 0 Å². The third-order valence-corrected chi connectivity index (χ3v) is 4.66. The molecule has 0 aromatic heterocycles. The molecule has 1 heterocycles. The first-order valence-electron chi connectivity index (χ1n) is 8.39. The van der Waals surface area contributed by atoms with E-state index >= 15 is 0 Å². The number of hydrogen-bond acceptors (Lipinski definition) is 6. The van der Waals surface area contributed by atoms with Gasteiger partial charge in [-0.3, -0.25) is 9.59 Å². The van der Waals surface area contributed by atoms with Gasteiger partial charge >= 0.3 is 11.9 Å². The highest BCUT2D eigenvalue weighted by molar-refractivity contribution is 6.04. The van der Waals surface area contributed by atoms with E-state index in [1.54, 1.807) is 13.8 Å². The lowest BCUT2D eigenvalue weighted by Gasteiger charge is -2.15. The van der Waals surface area contributed by atoms with Crippen LogP contribution in [0.2, 0.25) is 0 Å². The van der Waals surface area contributed by atoms with Crippen LogP contribution in [0.3, 0.4) is 0 Å². The van der Waals surface area contributed by atoms with Gasteiger partial charge in [0.15, 0.2) is 5.41 Å². The Hall–Kier alpha value is -2.08. The van der Waals surface area contributed by atoms with Crippen molar-refractivity contribution in [2.24, 2.45) is 11.3 Å². The molecule has 0 bridgehead atoms. The standard InChI is InChI=1S/C18H23NO5/c1-3-23-16(20)18(17(21)24-4-2)8-14(18)9-19-15-6-5-12-10-22-11-13(12)7-15/h5-7,14,19H,3-4,8-11H2,1-2H3/t14-/m0/s1. The van der Waals surface area contributed by atoms with Gasteiger partial charge in [0.2, 0.25) is 0 Å². The van der Waals surface area contributed by atoms with E-state index in [2.05, 4.69) is 11.4 Å². The maximum atomic E-state index is 12.3. The Morgan fingerprint density at radius 1 is 1.17 bits per heavy atom. The summed E-state index contributed by atoms with van der Waals surface area (Å²) in [5.74, 6) is -1.06. The van der Waals surface area contributed by atoms with Gasteiger partial charge < -0.3 is 19.5 Å². The molecule has 1 saturated carbocycles. The Balaban J connectivity index is 1.64. The van der Waals surface area contributed by atoms with Crippen molar-refractivity contribution >= 4 is 17.6 Å². The van der Waals surface area contributed by atoms with Gasteiger partial charge in [-0.25, -0.2) is 0 Å². The van der Waals surface area contributed by atoms with E-state index in [0.717, 1.165) is 5.69 Å². The highest BCUT2D eigenvalue weighted by Crippen LogP contribution is 2.54. The number of fused-ring (bicyclic) bond motifs is 1. The molecule has 1 atom stereocenters. The van der Waals surface area contributed by atoms with Gasteiger partial charge in [-0.15, -0.1) is 0 Å². The van der Waals surface area contributed by atoms with Crippen LogP contribution < -0.4 is 5.32 Å². The third kappa shape index (κ3) is 2.98. The molecule has 0 radical (unpaired) electrons. The molecule has 0 unspecified atom stereocenters. The second-order valence-corrected chi connectivity index (χ2v) is 6.17. The molecule has 0 amide bonds. The van der Waals surface area contributed by atoms with E-state index in [0.29, 0.717) is 26.2 Å². The Labute approximate surface area is 141 Å². The number of hydrogen-bond donors (Lipinski definition) is 1. The van der Waals surface area contributed by atoms with E-state index in [4.69, 9.17) is 14.2 Å². The molecule has 0 saturated heterocycles. The molecule has 24 heavy (non-hydrogen) atoms. The van der Waals surface area contributed by atoms with Crippen molar-refractivity contribution in [2.75, 3.05) is 25.1 Å². The molecule has 1 N–H and O–H groups in total. The van der Waals surface area contributed by atoms with E-state index < -0.39 is 17.4 Å². The van der Waals surface area contributed by atoms with Gasteiger partial charge in [0.05, 0.1) is 26.4 Å². The fourth-order valence-corrected chi connectivity index (χ4v) is 3.20. The zero-order valence-corrected chi connectivity index (χ0v) is 14.1. The van der Waals surface area contributed by atoms with Crippen LogP contribution in [-0.4, -0.2) is 31.7 Å². The smallest absolute Gasteiger partial charge is 0.323 e. The van der Waals surface area contributed by atoms with Gasteiger partial charge in [0.25, 0.3) is 0 Å². The Kier molecular flexibility index (Phi) is 4.76. The number of benzene rings is 1. The third-order valence-electron chi connectivity index (χ3n) is 4.66. The minimum absolute atomic E-state index is 0.111. The Morgan fingerprint density at radius 3 is 2.50 bits per heavy atom. The van der Waals surface area contributed by atoms with Crippen molar-refractivity contribution in [1.82, 2.24) is 0 Å². The maximum absolute atomic E-state index is 12.3. The monoisotopic (exact) mass is 333 g/mol.